The molecule has 0 aliphatic rings. The number of hydrogen-bond acceptors (Lipinski definition) is 5. The molecule has 0 saturated heterocycles. The number of benzene rings is 1. The van der Waals surface area contributed by atoms with Gasteiger partial charge in [-0.3, -0.25) is 0 Å². The Hall–Kier alpha value is -1.46. The van der Waals surface area contributed by atoms with Gasteiger partial charge in [-0.15, -0.1) is 0 Å². The number of nitrogens with two attached hydrogens (primary N) is 1. The van der Waals surface area contributed by atoms with Crippen molar-refractivity contribution in [3.63, 3.8) is 0 Å². The lowest BCUT2D eigenvalue weighted by Gasteiger charge is -2.32. The van der Waals surface area contributed by atoms with Crippen LogP contribution in [-0.2, 0) is 0 Å². The van der Waals surface area contributed by atoms with E-state index in [1.807, 2.05) is 20.8 Å². The molecule has 1 rings (SSSR count). The normalized spacial score (nSPS) is 14.6. The first-order valence-electron chi connectivity index (χ1n) is 6.49. The lowest BCUT2D eigenvalue weighted by molar-refractivity contribution is 0.0387. The lowest BCUT2D eigenvalue weighted by atomic mass is 9.82. The average molecular weight is 283 g/mol. The molecule has 5 nitrogen and oxygen atoms in total. The summed E-state index contributed by atoms with van der Waals surface area (Å²) in [5.41, 5.74) is 6.50. The monoisotopic (exact) mass is 283 g/mol. The summed E-state index contributed by atoms with van der Waals surface area (Å²) in [6, 6.07) is 2.84. The first-order valence-corrected chi connectivity index (χ1v) is 6.49. The summed E-state index contributed by atoms with van der Waals surface area (Å²) in [6.07, 6.45) is -0.737. The zero-order valence-corrected chi connectivity index (χ0v) is 13.1. The van der Waals surface area contributed by atoms with Crippen LogP contribution in [0, 0.1) is 5.41 Å². The van der Waals surface area contributed by atoms with Crippen LogP contribution in [0.5, 0.6) is 17.2 Å². The van der Waals surface area contributed by atoms with Crippen LogP contribution in [-0.4, -0.2) is 32.5 Å². The van der Waals surface area contributed by atoms with Gasteiger partial charge in [0.1, 0.15) is 17.2 Å². The van der Waals surface area contributed by atoms with Crippen LogP contribution >= 0.6 is 0 Å². The third-order valence-corrected chi connectivity index (χ3v) is 3.31. The van der Waals surface area contributed by atoms with E-state index in [0.29, 0.717) is 22.8 Å². The molecule has 20 heavy (non-hydrogen) atoms. The van der Waals surface area contributed by atoms with Gasteiger partial charge in [-0.25, -0.2) is 0 Å². The molecule has 2 atom stereocenters. The largest absolute Gasteiger partial charge is 0.496 e. The first kappa shape index (κ1) is 16.6. The fraction of sp³-hybridized carbons (Fsp3) is 0.600. The summed E-state index contributed by atoms with van der Waals surface area (Å²) in [6.45, 7) is 5.79. The molecular weight excluding hydrogens is 258 g/mol. The molecule has 0 spiro atoms. The van der Waals surface area contributed by atoms with Gasteiger partial charge in [0.15, 0.2) is 0 Å². The lowest BCUT2D eigenvalue weighted by Crippen LogP contribution is -2.37. The van der Waals surface area contributed by atoms with E-state index in [9.17, 15) is 5.11 Å². The van der Waals surface area contributed by atoms with Crippen molar-refractivity contribution in [2.45, 2.75) is 32.9 Å². The molecule has 0 radical (unpaired) electrons. The third-order valence-electron chi connectivity index (χ3n) is 3.31. The van der Waals surface area contributed by atoms with Gasteiger partial charge in [0, 0.05) is 12.1 Å². The van der Waals surface area contributed by atoms with Gasteiger partial charge in [0.05, 0.1) is 39.0 Å². The molecule has 3 N–H and O–H groups in total. The van der Waals surface area contributed by atoms with Crippen molar-refractivity contribution in [2.75, 3.05) is 21.3 Å². The number of hydrogen-bond donors (Lipinski definition) is 2. The Bertz CT molecular complexity index is 429. The van der Waals surface area contributed by atoms with Gasteiger partial charge in [0.2, 0.25) is 0 Å². The second kappa shape index (κ2) is 6.33. The second-order valence-corrected chi connectivity index (χ2v) is 5.78. The van der Waals surface area contributed by atoms with Crippen LogP contribution in [0.15, 0.2) is 12.1 Å². The van der Waals surface area contributed by atoms with E-state index < -0.39 is 12.1 Å². The molecule has 0 amide bonds. The van der Waals surface area contributed by atoms with Crippen molar-refractivity contribution in [2.24, 2.45) is 11.1 Å². The number of methoxy groups -OCH3 is 3. The second-order valence-electron chi connectivity index (χ2n) is 5.78. The summed E-state index contributed by atoms with van der Waals surface area (Å²) >= 11 is 0. The standard InChI is InChI=1S/C15H25NO4/c1-15(2,3)14(17)13(16)12-10(19-5)7-9(18-4)8-11(12)20-6/h7-8,13-14,17H,16H2,1-6H3/t13-,14-/m1/s1. The van der Waals surface area contributed by atoms with E-state index in [2.05, 4.69) is 0 Å². The van der Waals surface area contributed by atoms with Gasteiger partial charge in [-0.1, -0.05) is 20.8 Å². The van der Waals surface area contributed by atoms with Crippen molar-refractivity contribution in [1.82, 2.24) is 0 Å². The molecule has 0 heterocycles. The summed E-state index contributed by atoms with van der Waals surface area (Å²) in [7, 11) is 4.67. The van der Waals surface area contributed by atoms with E-state index in [-0.39, 0.29) is 5.41 Å². The molecule has 5 heteroatoms. The Morgan fingerprint density at radius 2 is 1.45 bits per heavy atom. The molecular formula is C15H25NO4. The molecule has 0 bridgehead atoms. The number of ether oxygens (including phenoxy) is 3. The first-order chi connectivity index (χ1) is 9.26. The molecule has 0 fully saturated rings. The molecule has 1 aromatic carbocycles. The Labute approximate surface area is 120 Å². The van der Waals surface area contributed by atoms with Crippen molar-refractivity contribution >= 4 is 0 Å². The highest BCUT2D eigenvalue weighted by Gasteiger charge is 2.33. The highest BCUT2D eigenvalue weighted by molar-refractivity contribution is 5.52. The smallest absolute Gasteiger partial charge is 0.131 e. The van der Waals surface area contributed by atoms with Gasteiger partial charge in [0.25, 0.3) is 0 Å². The number of aliphatic hydroxyl groups is 1. The predicted octanol–water partition coefficient (Wildman–Crippen LogP) is 2.12. The minimum Gasteiger partial charge on any atom is -0.496 e. The van der Waals surface area contributed by atoms with Crippen molar-refractivity contribution < 1.29 is 19.3 Å². The maximum Gasteiger partial charge on any atom is 0.131 e. The zero-order chi connectivity index (χ0) is 15.5. The van der Waals surface area contributed by atoms with E-state index >= 15 is 0 Å². The fourth-order valence-corrected chi connectivity index (χ4v) is 2.06. The number of aliphatic hydroxyl groups excluding tert-OH is 1. The van der Waals surface area contributed by atoms with Crippen LogP contribution in [0.1, 0.15) is 32.4 Å². The van der Waals surface area contributed by atoms with Crippen LogP contribution in [0.3, 0.4) is 0 Å². The molecule has 1 aromatic rings. The molecule has 0 aliphatic heterocycles. The summed E-state index contributed by atoms with van der Waals surface area (Å²) in [5.74, 6) is 1.69. The van der Waals surface area contributed by atoms with Gasteiger partial charge in [-0.05, 0) is 5.41 Å². The van der Waals surface area contributed by atoms with Crippen molar-refractivity contribution in [3.05, 3.63) is 17.7 Å². The van der Waals surface area contributed by atoms with E-state index in [0.717, 1.165) is 0 Å². The van der Waals surface area contributed by atoms with Crippen LogP contribution in [0.25, 0.3) is 0 Å². The Balaban J connectivity index is 3.35. The van der Waals surface area contributed by atoms with Crippen molar-refractivity contribution in [3.8, 4) is 17.2 Å². The highest BCUT2D eigenvalue weighted by Crippen LogP contribution is 2.41. The van der Waals surface area contributed by atoms with Gasteiger partial charge >= 0.3 is 0 Å². The van der Waals surface area contributed by atoms with Crippen LogP contribution in [0.4, 0.5) is 0 Å². The van der Waals surface area contributed by atoms with Gasteiger partial charge < -0.3 is 25.1 Å². The van der Waals surface area contributed by atoms with Crippen LogP contribution in [0.2, 0.25) is 0 Å². The highest BCUT2D eigenvalue weighted by atomic mass is 16.5. The summed E-state index contributed by atoms with van der Waals surface area (Å²) < 4.78 is 15.9. The topological polar surface area (TPSA) is 73.9 Å². The third kappa shape index (κ3) is 3.35. The molecule has 0 unspecified atom stereocenters. The van der Waals surface area contributed by atoms with E-state index in [4.69, 9.17) is 19.9 Å². The zero-order valence-electron chi connectivity index (χ0n) is 13.1. The summed E-state index contributed by atoms with van der Waals surface area (Å²) in [5, 5.41) is 10.4. The van der Waals surface area contributed by atoms with E-state index in [1.54, 1.807) is 33.5 Å². The van der Waals surface area contributed by atoms with Gasteiger partial charge in [-0.2, -0.15) is 0 Å². The molecule has 114 valence electrons. The number of rotatable bonds is 5. The fourth-order valence-electron chi connectivity index (χ4n) is 2.06. The minimum absolute atomic E-state index is 0.352. The maximum absolute atomic E-state index is 10.4. The van der Waals surface area contributed by atoms with Crippen LogP contribution < -0.4 is 19.9 Å². The average Bonchev–Trinajstić information content (AvgIpc) is 2.42. The quantitative estimate of drug-likeness (QED) is 0.866. The molecule has 0 aromatic heterocycles. The molecule has 0 saturated carbocycles. The Morgan fingerprint density at radius 3 is 1.75 bits per heavy atom. The predicted molar refractivity (Wildman–Crippen MR) is 78.5 cm³/mol. The Morgan fingerprint density at radius 1 is 1.00 bits per heavy atom. The van der Waals surface area contributed by atoms with E-state index in [1.165, 1.54) is 0 Å². The summed E-state index contributed by atoms with van der Waals surface area (Å²) in [4.78, 5) is 0. The Kier molecular flexibility index (Phi) is 5.25. The minimum atomic E-state index is -0.737. The van der Waals surface area contributed by atoms with Crippen molar-refractivity contribution in [1.29, 1.82) is 0 Å². The molecule has 0 aliphatic carbocycles. The maximum atomic E-state index is 10.4. The SMILES string of the molecule is COc1cc(OC)c([C@@H](N)[C@@H](O)C(C)(C)C)c(OC)c1.